The molecule has 96 valence electrons. The van der Waals surface area contributed by atoms with Gasteiger partial charge in [-0.15, -0.1) is 0 Å². The summed E-state index contributed by atoms with van der Waals surface area (Å²) in [5, 5.41) is 0.655. The molecule has 2 N–H and O–H groups in total. The van der Waals surface area contributed by atoms with Crippen LogP contribution in [-0.2, 0) is 5.75 Å². The highest BCUT2D eigenvalue weighted by Gasteiger charge is 2.07. The number of benzene rings is 1. The lowest BCUT2D eigenvalue weighted by molar-refractivity contribution is 0.489. The molecular formula is C14H13N3OS. The summed E-state index contributed by atoms with van der Waals surface area (Å²) < 4.78 is 5.65. The van der Waals surface area contributed by atoms with E-state index in [1.165, 1.54) is 0 Å². The van der Waals surface area contributed by atoms with Crippen LogP contribution in [0.25, 0.3) is 11.1 Å². The van der Waals surface area contributed by atoms with E-state index in [4.69, 9.17) is 10.2 Å². The van der Waals surface area contributed by atoms with Crippen LogP contribution in [0.3, 0.4) is 0 Å². The molecule has 19 heavy (non-hydrogen) atoms. The van der Waals surface area contributed by atoms with E-state index >= 15 is 0 Å². The SMILES string of the molecule is Cc1cncc(CSc2nc3ccc(N)cc3o2)c1. The maximum atomic E-state index is 5.71. The van der Waals surface area contributed by atoms with Gasteiger partial charge < -0.3 is 10.2 Å². The molecule has 5 heteroatoms. The van der Waals surface area contributed by atoms with Crippen LogP contribution in [0.5, 0.6) is 0 Å². The second kappa shape index (κ2) is 4.93. The van der Waals surface area contributed by atoms with Gasteiger partial charge in [-0.3, -0.25) is 4.98 Å². The first kappa shape index (κ1) is 12.0. The number of oxazole rings is 1. The molecule has 0 radical (unpaired) electrons. The van der Waals surface area contributed by atoms with Crippen LogP contribution >= 0.6 is 11.8 Å². The zero-order valence-electron chi connectivity index (χ0n) is 10.5. The van der Waals surface area contributed by atoms with Crippen LogP contribution in [0.1, 0.15) is 11.1 Å². The van der Waals surface area contributed by atoms with Crippen molar-refractivity contribution in [2.75, 3.05) is 5.73 Å². The van der Waals surface area contributed by atoms with E-state index < -0.39 is 0 Å². The molecule has 2 heterocycles. The van der Waals surface area contributed by atoms with Gasteiger partial charge in [-0.05, 0) is 30.2 Å². The average Bonchev–Trinajstić information content (AvgIpc) is 2.78. The third-order valence-electron chi connectivity index (χ3n) is 2.69. The standard InChI is InChI=1S/C14H13N3OS/c1-9-4-10(7-16-6-9)8-19-14-17-12-3-2-11(15)5-13(12)18-14/h2-7H,8,15H2,1H3. The molecule has 2 aromatic heterocycles. The van der Waals surface area contributed by atoms with Crippen molar-refractivity contribution in [2.45, 2.75) is 17.9 Å². The van der Waals surface area contributed by atoms with E-state index in [1.807, 2.05) is 31.5 Å². The van der Waals surface area contributed by atoms with Gasteiger partial charge in [0.25, 0.3) is 5.22 Å². The van der Waals surface area contributed by atoms with Crippen molar-refractivity contribution in [1.29, 1.82) is 0 Å². The van der Waals surface area contributed by atoms with Gasteiger partial charge in [0.05, 0.1) is 0 Å². The maximum Gasteiger partial charge on any atom is 0.257 e. The number of thioether (sulfide) groups is 1. The summed E-state index contributed by atoms with van der Waals surface area (Å²) in [4.78, 5) is 8.58. The number of hydrogen-bond donors (Lipinski definition) is 1. The maximum absolute atomic E-state index is 5.71. The molecule has 4 nitrogen and oxygen atoms in total. The van der Waals surface area contributed by atoms with E-state index in [0.717, 1.165) is 28.0 Å². The molecule has 0 spiro atoms. The lowest BCUT2D eigenvalue weighted by Gasteiger charge is -1.98. The quantitative estimate of drug-likeness (QED) is 0.584. The fourth-order valence-electron chi connectivity index (χ4n) is 1.82. The third-order valence-corrected chi connectivity index (χ3v) is 3.59. The highest BCUT2D eigenvalue weighted by molar-refractivity contribution is 7.98. The van der Waals surface area contributed by atoms with Gasteiger partial charge in [-0.1, -0.05) is 17.8 Å². The summed E-state index contributed by atoms with van der Waals surface area (Å²) in [6.45, 7) is 2.03. The Morgan fingerprint density at radius 2 is 2.16 bits per heavy atom. The minimum absolute atomic E-state index is 0.655. The number of nitrogen functional groups attached to an aromatic ring is 1. The van der Waals surface area contributed by atoms with Gasteiger partial charge in [-0.2, -0.15) is 0 Å². The van der Waals surface area contributed by atoms with Crippen LogP contribution < -0.4 is 5.73 Å². The molecule has 0 saturated carbocycles. The largest absolute Gasteiger partial charge is 0.431 e. The summed E-state index contributed by atoms with van der Waals surface area (Å²) >= 11 is 1.56. The molecule has 0 aliphatic heterocycles. The van der Waals surface area contributed by atoms with Crippen molar-refractivity contribution < 1.29 is 4.42 Å². The fourth-order valence-corrected chi connectivity index (χ4v) is 2.58. The summed E-state index contributed by atoms with van der Waals surface area (Å²) in [5.74, 6) is 0.789. The van der Waals surface area contributed by atoms with Crippen LogP contribution in [0.15, 0.2) is 46.3 Å². The molecule has 0 amide bonds. The van der Waals surface area contributed by atoms with Crippen LogP contribution in [0.4, 0.5) is 5.69 Å². The Hall–Kier alpha value is -2.01. The zero-order chi connectivity index (χ0) is 13.2. The Morgan fingerprint density at radius 3 is 3.00 bits per heavy atom. The smallest absolute Gasteiger partial charge is 0.257 e. The van der Waals surface area contributed by atoms with E-state index in [9.17, 15) is 0 Å². The number of nitrogens with zero attached hydrogens (tertiary/aromatic N) is 2. The van der Waals surface area contributed by atoms with Crippen molar-refractivity contribution in [1.82, 2.24) is 9.97 Å². The summed E-state index contributed by atoms with van der Waals surface area (Å²) in [6.07, 6.45) is 3.71. The number of anilines is 1. The van der Waals surface area contributed by atoms with Crippen molar-refractivity contribution in [3.63, 3.8) is 0 Å². The van der Waals surface area contributed by atoms with Gasteiger partial charge in [0.1, 0.15) is 5.52 Å². The third kappa shape index (κ3) is 2.71. The summed E-state index contributed by atoms with van der Waals surface area (Å²) in [5.41, 5.74) is 10.3. The topological polar surface area (TPSA) is 64.9 Å². The Labute approximate surface area is 115 Å². The van der Waals surface area contributed by atoms with Gasteiger partial charge in [0.2, 0.25) is 0 Å². The van der Waals surface area contributed by atoms with E-state index in [1.54, 1.807) is 17.8 Å². The molecule has 0 saturated heterocycles. The lowest BCUT2D eigenvalue weighted by Crippen LogP contribution is -1.84. The lowest BCUT2D eigenvalue weighted by atomic mass is 10.2. The number of pyridine rings is 1. The average molecular weight is 271 g/mol. The summed E-state index contributed by atoms with van der Waals surface area (Å²) in [7, 11) is 0. The first-order chi connectivity index (χ1) is 9.20. The normalized spacial score (nSPS) is 11.0. The molecule has 0 aliphatic rings. The Balaban J connectivity index is 1.78. The second-order valence-electron chi connectivity index (χ2n) is 4.37. The van der Waals surface area contributed by atoms with Crippen LogP contribution in [0, 0.1) is 6.92 Å². The molecule has 1 aromatic carbocycles. The van der Waals surface area contributed by atoms with E-state index in [2.05, 4.69) is 16.0 Å². The van der Waals surface area contributed by atoms with E-state index in [0.29, 0.717) is 10.9 Å². The highest BCUT2D eigenvalue weighted by atomic mass is 32.2. The fraction of sp³-hybridized carbons (Fsp3) is 0.143. The number of aromatic nitrogens is 2. The number of rotatable bonds is 3. The molecular weight excluding hydrogens is 258 g/mol. The van der Waals surface area contributed by atoms with Gasteiger partial charge in [0, 0.05) is 29.9 Å². The monoisotopic (exact) mass is 271 g/mol. The van der Waals surface area contributed by atoms with Crippen LogP contribution in [0.2, 0.25) is 0 Å². The highest BCUT2D eigenvalue weighted by Crippen LogP contribution is 2.27. The molecule has 0 unspecified atom stereocenters. The van der Waals surface area contributed by atoms with Crippen molar-refractivity contribution in [2.24, 2.45) is 0 Å². The van der Waals surface area contributed by atoms with Gasteiger partial charge in [0.15, 0.2) is 5.58 Å². The Bertz CT molecular complexity index is 724. The second-order valence-corrected chi connectivity index (χ2v) is 5.29. The Morgan fingerprint density at radius 1 is 1.26 bits per heavy atom. The number of nitrogens with two attached hydrogens (primary N) is 1. The zero-order valence-corrected chi connectivity index (χ0v) is 11.3. The van der Waals surface area contributed by atoms with Crippen molar-refractivity contribution in [3.8, 4) is 0 Å². The Kier molecular flexibility index (Phi) is 3.13. The molecule has 0 fully saturated rings. The molecule has 0 aliphatic carbocycles. The molecule has 0 bridgehead atoms. The molecule has 3 aromatic rings. The number of fused-ring (bicyclic) bond motifs is 1. The van der Waals surface area contributed by atoms with Crippen molar-refractivity contribution in [3.05, 3.63) is 47.8 Å². The van der Waals surface area contributed by atoms with E-state index in [-0.39, 0.29) is 0 Å². The minimum atomic E-state index is 0.655. The minimum Gasteiger partial charge on any atom is -0.431 e. The predicted molar refractivity (Wildman–Crippen MR) is 77.0 cm³/mol. The first-order valence-corrected chi connectivity index (χ1v) is 6.89. The molecule has 3 rings (SSSR count). The molecule has 0 atom stereocenters. The first-order valence-electron chi connectivity index (χ1n) is 5.90. The number of aryl methyl sites for hydroxylation is 1. The van der Waals surface area contributed by atoms with Gasteiger partial charge >= 0.3 is 0 Å². The van der Waals surface area contributed by atoms with Gasteiger partial charge in [-0.25, -0.2) is 4.98 Å². The van der Waals surface area contributed by atoms with Crippen molar-refractivity contribution >= 4 is 28.5 Å². The van der Waals surface area contributed by atoms with Crippen LogP contribution in [-0.4, -0.2) is 9.97 Å². The number of hydrogen-bond acceptors (Lipinski definition) is 5. The summed E-state index contributed by atoms with van der Waals surface area (Å²) in [6, 6.07) is 7.59. The predicted octanol–water partition coefficient (Wildman–Crippen LogP) is 3.41.